The van der Waals surface area contributed by atoms with Crippen molar-refractivity contribution in [2.75, 3.05) is 6.61 Å². The summed E-state index contributed by atoms with van der Waals surface area (Å²) in [6.45, 7) is 5.47. The van der Waals surface area contributed by atoms with Crippen LogP contribution in [0.25, 0.3) is 0 Å². The van der Waals surface area contributed by atoms with Crippen LogP contribution >= 0.6 is 0 Å². The Hall–Kier alpha value is -1.57. The Morgan fingerprint density at radius 3 is 2.70 bits per heavy atom. The van der Waals surface area contributed by atoms with Crippen molar-refractivity contribution in [3.63, 3.8) is 0 Å². The van der Waals surface area contributed by atoms with Gasteiger partial charge in [0.15, 0.2) is 0 Å². The summed E-state index contributed by atoms with van der Waals surface area (Å²) in [4.78, 5) is 4.85. The van der Waals surface area contributed by atoms with E-state index in [2.05, 4.69) is 44.2 Å². The highest BCUT2D eigenvalue weighted by Crippen LogP contribution is 2.59. The molecule has 1 heterocycles. The maximum Gasteiger partial charge on any atom is 0.212 e. The standard InChI is InChI=1S/C18H21NO/c1-18(2)13-8-9-14(15(18)10-13)17-19-16(11-20-17)12-6-4-3-5-7-12/h3-7,9,13,15-16H,8,10-11H2,1-2H3/t13-,15-,16+/m0/s1. The van der Waals surface area contributed by atoms with Gasteiger partial charge in [-0.15, -0.1) is 0 Å². The molecule has 1 aliphatic heterocycles. The highest BCUT2D eigenvalue weighted by atomic mass is 16.5. The van der Waals surface area contributed by atoms with Gasteiger partial charge in [0.2, 0.25) is 5.90 Å². The lowest BCUT2D eigenvalue weighted by Gasteiger charge is -2.56. The van der Waals surface area contributed by atoms with Gasteiger partial charge in [-0.05, 0) is 35.7 Å². The van der Waals surface area contributed by atoms with Crippen LogP contribution in [0.2, 0.25) is 0 Å². The Kier molecular flexibility index (Phi) is 2.57. The van der Waals surface area contributed by atoms with Crippen molar-refractivity contribution in [3.8, 4) is 0 Å². The minimum atomic E-state index is 0.174. The molecular weight excluding hydrogens is 246 g/mol. The fourth-order valence-electron chi connectivity index (χ4n) is 3.97. The number of fused-ring (bicyclic) bond motifs is 1. The van der Waals surface area contributed by atoms with Crippen LogP contribution in [0.4, 0.5) is 0 Å². The maximum atomic E-state index is 5.93. The first-order valence-electron chi connectivity index (χ1n) is 7.62. The first kappa shape index (κ1) is 12.2. The van der Waals surface area contributed by atoms with Crippen molar-refractivity contribution in [1.82, 2.24) is 0 Å². The molecule has 4 aliphatic rings. The van der Waals surface area contributed by atoms with E-state index < -0.39 is 0 Å². The topological polar surface area (TPSA) is 21.6 Å². The number of ether oxygens (including phenoxy) is 1. The lowest BCUT2D eigenvalue weighted by Crippen LogP contribution is -2.49. The van der Waals surface area contributed by atoms with E-state index in [0.29, 0.717) is 17.9 Å². The maximum absolute atomic E-state index is 5.93. The van der Waals surface area contributed by atoms with Crippen LogP contribution in [-0.4, -0.2) is 12.5 Å². The molecule has 1 fully saturated rings. The van der Waals surface area contributed by atoms with E-state index in [1.54, 1.807) is 0 Å². The minimum Gasteiger partial charge on any atom is -0.475 e. The molecule has 0 unspecified atom stereocenters. The summed E-state index contributed by atoms with van der Waals surface area (Å²) in [7, 11) is 0. The molecule has 104 valence electrons. The minimum absolute atomic E-state index is 0.174. The van der Waals surface area contributed by atoms with Crippen molar-refractivity contribution >= 4 is 5.90 Å². The summed E-state index contributed by atoms with van der Waals surface area (Å²) in [5.41, 5.74) is 3.06. The first-order chi connectivity index (χ1) is 9.66. The molecule has 2 nitrogen and oxygen atoms in total. The van der Waals surface area contributed by atoms with Crippen LogP contribution in [0.5, 0.6) is 0 Å². The molecule has 3 atom stereocenters. The molecule has 0 spiro atoms. The number of rotatable bonds is 2. The van der Waals surface area contributed by atoms with E-state index in [9.17, 15) is 0 Å². The molecule has 1 aromatic carbocycles. The Labute approximate surface area is 120 Å². The Balaban J connectivity index is 1.60. The van der Waals surface area contributed by atoms with Crippen LogP contribution in [0.15, 0.2) is 47.0 Å². The molecule has 5 rings (SSSR count). The fourth-order valence-corrected chi connectivity index (χ4v) is 3.97. The van der Waals surface area contributed by atoms with Crippen LogP contribution < -0.4 is 0 Å². The summed E-state index contributed by atoms with van der Waals surface area (Å²) in [6, 6.07) is 10.6. The number of hydrogen-bond acceptors (Lipinski definition) is 2. The molecule has 0 N–H and O–H groups in total. The molecule has 0 amide bonds. The molecule has 0 radical (unpaired) electrons. The predicted molar refractivity (Wildman–Crippen MR) is 80.6 cm³/mol. The van der Waals surface area contributed by atoms with Crippen LogP contribution in [-0.2, 0) is 4.74 Å². The van der Waals surface area contributed by atoms with Gasteiger partial charge in [0.05, 0.1) is 0 Å². The Bertz CT molecular complexity index is 585. The lowest BCUT2D eigenvalue weighted by molar-refractivity contribution is -0.00323. The van der Waals surface area contributed by atoms with Gasteiger partial charge >= 0.3 is 0 Å². The fraction of sp³-hybridized carbons (Fsp3) is 0.500. The van der Waals surface area contributed by atoms with Gasteiger partial charge in [-0.3, -0.25) is 0 Å². The zero-order valence-corrected chi connectivity index (χ0v) is 12.2. The summed E-state index contributed by atoms with van der Waals surface area (Å²) in [5, 5.41) is 0. The number of hydrogen-bond donors (Lipinski definition) is 0. The third kappa shape index (κ3) is 1.67. The monoisotopic (exact) mass is 267 g/mol. The molecule has 3 aliphatic carbocycles. The van der Waals surface area contributed by atoms with Gasteiger partial charge in [0.25, 0.3) is 0 Å². The first-order valence-corrected chi connectivity index (χ1v) is 7.62. The number of allylic oxidation sites excluding steroid dienone is 1. The van der Waals surface area contributed by atoms with Crippen LogP contribution in [0.1, 0.15) is 38.3 Å². The molecule has 0 aromatic heterocycles. The zero-order chi connectivity index (χ0) is 13.7. The quantitative estimate of drug-likeness (QED) is 0.789. The van der Waals surface area contributed by atoms with Gasteiger partial charge in [-0.25, -0.2) is 4.99 Å². The van der Waals surface area contributed by atoms with Crippen LogP contribution in [0, 0.1) is 17.3 Å². The summed E-state index contributed by atoms with van der Waals surface area (Å²) in [5.74, 6) is 2.42. The highest BCUT2D eigenvalue weighted by Gasteiger charge is 2.52. The average Bonchev–Trinajstić information content (AvgIpc) is 2.98. The molecule has 20 heavy (non-hydrogen) atoms. The average molecular weight is 267 g/mol. The van der Waals surface area contributed by atoms with Gasteiger partial charge in [0.1, 0.15) is 12.6 Å². The molecule has 1 aromatic rings. The largest absolute Gasteiger partial charge is 0.475 e. The smallest absolute Gasteiger partial charge is 0.212 e. The van der Waals surface area contributed by atoms with Crippen molar-refractivity contribution in [2.45, 2.75) is 32.7 Å². The molecule has 2 bridgehead atoms. The predicted octanol–water partition coefficient (Wildman–Crippen LogP) is 4.15. The third-order valence-electron chi connectivity index (χ3n) is 5.55. The Morgan fingerprint density at radius 1 is 1.20 bits per heavy atom. The van der Waals surface area contributed by atoms with Crippen LogP contribution in [0.3, 0.4) is 0 Å². The SMILES string of the molecule is CC1(C)[C@H]2CC=C(C3=N[C@@H](c4ccccc4)CO3)[C@@H]1C2. The van der Waals surface area contributed by atoms with Gasteiger partial charge < -0.3 is 4.74 Å². The van der Waals surface area contributed by atoms with E-state index in [1.165, 1.54) is 24.0 Å². The summed E-state index contributed by atoms with van der Waals surface area (Å²) < 4.78 is 5.93. The van der Waals surface area contributed by atoms with Crippen molar-refractivity contribution in [1.29, 1.82) is 0 Å². The van der Waals surface area contributed by atoms with E-state index >= 15 is 0 Å². The van der Waals surface area contributed by atoms with Gasteiger partial charge in [0, 0.05) is 5.57 Å². The van der Waals surface area contributed by atoms with Gasteiger partial charge in [-0.1, -0.05) is 50.3 Å². The molecule has 0 saturated heterocycles. The molecule has 1 saturated carbocycles. The second kappa shape index (κ2) is 4.21. The second-order valence-electron chi connectivity index (χ2n) is 6.87. The lowest BCUT2D eigenvalue weighted by atomic mass is 9.49. The number of benzene rings is 1. The third-order valence-corrected chi connectivity index (χ3v) is 5.55. The summed E-state index contributed by atoms with van der Waals surface area (Å²) >= 11 is 0. The van der Waals surface area contributed by atoms with Gasteiger partial charge in [-0.2, -0.15) is 0 Å². The number of nitrogens with zero attached hydrogens (tertiary/aromatic N) is 1. The summed E-state index contributed by atoms with van der Waals surface area (Å²) in [6.07, 6.45) is 4.88. The van der Waals surface area contributed by atoms with E-state index in [0.717, 1.165) is 11.8 Å². The van der Waals surface area contributed by atoms with Crippen molar-refractivity contribution < 1.29 is 4.74 Å². The molecular formula is C18H21NO. The number of aliphatic imine (C=N–C) groups is 1. The van der Waals surface area contributed by atoms with E-state index in [1.807, 2.05) is 6.07 Å². The highest BCUT2D eigenvalue weighted by molar-refractivity contribution is 5.95. The Morgan fingerprint density at radius 2 is 2.00 bits per heavy atom. The second-order valence-corrected chi connectivity index (χ2v) is 6.87. The normalized spacial score (nSPS) is 33.8. The molecule has 2 heteroatoms. The van der Waals surface area contributed by atoms with E-state index in [-0.39, 0.29) is 6.04 Å². The van der Waals surface area contributed by atoms with Crippen molar-refractivity contribution in [2.24, 2.45) is 22.2 Å². The zero-order valence-electron chi connectivity index (χ0n) is 12.2. The van der Waals surface area contributed by atoms with Crippen molar-refractivity contribution in [3.05, 3.63) is 47.5 Å². The van der Waals surface area contributed by atoms with E-state index in [4.69, 9.17) is 9.73 Å².